The number of nitrogens with one attached hydrogen (secondary N) is 1. The summed E-state index contributed by atoms with van der Waals surface area (Å²) in [5, 5.41) is 14.2. The second-order valence-corrected chi connectivity index (χ2v) is 9.52. The molecular weight excluding hydrogens is 428 g/mol. The lowest BCUT2D eigenvalue weighted by atomic mass is 9.97. The highest BCUT2D eigenvalue weighted by molar-refractivity contribution is 7.90. The van der Waals surface area contributed by atoms with Crippen molar-refractivity contribution in [2.75, 3.05) is 5.32 Å². The van der Waals surface area contributed by atoms with E-state index in [1.54, 1.807) is 36.5 Å². The molecule has 1 aromatic carbocycles. The molecule has 8 nitrogen and oxygen atoms in total. The molecule has 0 atom stereocenters. The van der Waals surface area contributed by atoms with E-state index in [0.29, 0.717) is 29.7 Å². The van der Waals surface area contributed by atoms with Crippen LogP contribution in [0, 0.1) is 0 Å². The van der Waals surface area contributed by atoms with Gasteiger partial charge in [0.2, 0.25) is 0 Å². The Bertz CT molecular complexity index is 1450. The van der Waals surface area contributed by atoms with Crippen LogP contribution in [0.25, 0.3) is 11.0 Å². The number of allylic oxidation sites excluding steroid dienone is 2. The van der Waals surface area contributed by atoms with Gasteiger partial charge in [-0.3, -0.25) is 9.36 Å². The Hall–Kier alpha value is -3.46. The van der Waals surface area contributed by atoms with Crippen LogP contribution in [0.2, 0.25) is 0 Å². The largest absolute Gasteiger partial charge is 0.506 e. The smallest absolute Gasteiger partial charge is 0.286 e. The van der Waals surface area contributed by atoms with Crippen LogP contribution in [0.1, 0.15) is 37.7 Å². The number of para-hydroxylation sites is 1. The zero-order chi connectivity index (χ0) is 22.3. The van der Waals surface area contributed by atoms with Crippen LogP contribution in [0.15, 0.2) is 68.3 Å². The van der Waals surface area contributed by atoms with Crippen LogP contribution in [0.3, 0.4) is 0 Å². The van der Waals surface area contributed by atoms with Gasteiger partial charge in [0.05, 0.1) is 11.1 Å². The van der Waals surface area contributed by atoms with E-state index in [4.69, 9.17) is 0 Å². The van der Waals surface area contributed by atoms with E-state index in [-0.39, 0.29) is 22.0 Å². The fraction of sp³-hybridized carbons (Fsp3) is 0.261. The number of sulfonamides is 1. The molecule has 9 heteroatoms. The maximum Gasteiger partial charge on any atom is 0.286 e. The third-order valence-electron chi connectivity index (χ3n) is 5.90. The number of pyridine rings is 2. The van der Waals surface area contributed by atoms with Gasteiger partial charge in [-0.2, -0.15) is 8.42 Å². The van der Waals surface area contributed by atoms with Gasteiger partial charge in [0.25, 0.3) is 15.6 Å². The molecule has 0 amide bonds. The summed E-state index contributed by atoms with van der Waals surface area (Å²) in [5.41, 5.74) is 1.25. The van der Waals surface area contributed by atoms with Gasteiger partial charge < -0.3 is 10.4 Å². The van der Waals surface area contributed by atoms with E-state index in [2.05, 4.69) is 20.8 Å². The van der Waals surface area contributed by atoms with Gasteiger partial charge in [0.15, 0.2) is 5.84 Å². The van der Waals surface area contributed by atoms with Crippen molar-refractivity contribution in [3.05, 3.63) is 70.2 Å². The first-order chi connectivity index (χ1) is 15.5. The van der Waals surface area contributed by atoms with E-state index >= 15 is 0 Å². The van der Waals surface area contributed by atoms with Crippen LogP contribution in [-0.2, 0) is 16.6 Å². The lowest BCUT2D eigenvalue weighted by molar-refractivity contribution is 0.477. The highest BCUT2D eigenvalue weighted by Crippen LogP contribution is 2.32. The SMILES string of the molecule is O=c1c(C2=NS(=O)(=O)c3ccccc3N2)c(O)c2cccnc2n1CCC1=CCCCC1. The first kappa shape index (κ1) is 20.4. The zero-order valence-electron chi connectivity index (χ0n) is 17.3. The molecule has 0 fully saturated rings. The summed E-state index contributed by atoms with van der Waals surface area (Å²) in [7, 11) is -4.03. The molecule has 1 aliphatic carbocycles. The predicted molar refractivity (Wildman–Crippen MR) is 123 cm³/mol. The number of aryl methyl sites for hydroxylation is 1. The van der Waals surface area contributed by atoms with Crippen LogP contribution in [0.5, 0.6) is 5.75 Å². The molecule has 3 aromatic rings. The van der Waals surface area contributed by atoms with E-state index in [1.807, 2.05) is 0 Å². The summed E-state index contributed by atoms with van der Waals surface area (Å²) in [6.07, 6.45) is 8.85. The number of aromatic hydroxyl groups is 1. The van der Waals surface area contributed by atoms with E-state index < -0.39 is 15.6 Å². The van der Waals surface area contributed by atoms with Crippen molar-refractivity contribution < 1.29 is 13.5 Å². The lowest BCUT2D eigenvalue weighted by Crippen LogP contribution is -2.33. The van der Waals surface area contributed by atoms with Crippen molar-refractivity contribution in [2.24, 2.45) is 4.40 Å². The molecule has 2 aliphatic rings. The Labute approximate surface area is 185 Å². The molecule has 0 spiro atoms. The number of hydrogen-bond acceptors (Lipinski definition) is 6. The van der Waals surface area contributed by atoms with Gasteiger partial charge >= 0.3 is 0 Å². The summed E-state index contributed by atoms with van der Waals surface area (Å²) in [6, 6.07) is 9.64. The second-order valence-electron chi connectivity index (χ2n) is 7.95. The Morgan fingerprint density at radius 2 is 1.97 bits per heavy atom. The molecule has 32 heavy (non-hydrogen) atoms. The molecular formula is C23H22N4O4S. The molecule has 1 aliphatic heterocycles. The normalized spacial score (nSPS) is 17.2. The van der Waals surface area contributed by atoms with Crippen molar-refractivity contribution in [1.29, 1.82) is 0 Å². The van der Waals surface area contributed by atoms with Gasteiger partial charge in [-0.15, -0.1) is 4.40 Å². The second kappa shape index (κ2) is 7.90. The number of anilines is 1. The van der Waals surface area contributed by atoms with Crippen LogP contribution >= 0.6 is 0 Å². The zero-order valence-corrected chi connectivity index (χ0v) is 18.1. The van der Waals surface area contributed by atoms with E-state index in [9.17, 15) is 18.3 Å². The summed E-state index contributed by atoms with van der Waals surface area (Å²) in [5.74, 6) is -0.533. The average Bonchev–Trinajstić information content (AvgIpc) is 2.79. The third-order valence-corrected chi connectivity index (χ3v) is 7.24. The molecule has 5 rings (SSSR count). The number of aromatic nitrogens is 2. The summed E-state index contributed by atoms with van der Waals surface area (Å²) in [6.45, 7) is 0.377. The maximum atomic E-state index is 13.5. The molecule has 0 bridgehead atoms. The maximum absolute atomic E-state index is 13.5. The van der Waals surface area contributed by atoms with Gasteiger partial charge in [-0.1, -0.05) is 23.8 Å². The molecule has 2 N–H and O–H groups in total. The number of rotatable bonds is 4. The predicted octanol–water partition coefficient (Wildman–Crippen LogP) is 3.55. The Balaban J connectivity index is 1.67. The Kier molecular flexibility index (Phi) is 5.05. The topological polar surface area (TPSA) is 114 Å². The number of nitrogens with zero attached hydrogens (tertiary/aromatic N) is 3. The highest BCUT2D eigenvalue weighted by Gasteiger charge is 2.29. The minimum atomic E-state index is -4.03. The third kappa shape index (κ3) is 3.48. The number of amidine groups is 1. The molecule has 0 radical (unpaired) electrons. The van der Waals surface area contributed by atoms with Crippen LogP contribution < -0.4 is 10.9 Å². The fourth-order valence-electron chi connectivity index (χ4n) is 4.29. The summed E-state index contributed by atoms with van der Waals surface area (Å²) < 4.78 is 30.8. The minimum Gasteiger partial charge on any atom is -0.506 e. The number of benzene rings is 1. The van der Waals surface area contributed by atoms with Crippen molar-refractivity contribution in [2.45, 2.75) is 43.5 Å². The van der Waals surface area contributed by atoms with E-state index in [1.165, 1.54) is 22.6 Å². The fourth-order valence-corrected chi connectivity index (χ4v) is 5.42. The minimum absolute atomic E-state index is 0.0234. The van der Waals surface area contributed by atoms with Crippen LogP contribution in [0.4, 0.5) is 5.69 Å². The average molecular weight is 451 g/mol. The Morgan fingerprint density at radius 3 is 2.78 bits per heavy atom. The van der Waals surface area contributed by atoms with Gasteiger partial charge in [0, 0.05) is 12.7 Å². The monoisotopic (exact) mass is 450 g/mol. The first-order valence-electron chi connectivity index (χ1n) is 10.6. The quantitative estimate of drug-likeness (QED) is 0.588. The Morgan fingerprint density at radius 1 is 1.12 bits per heavy atom. The van der Waals surface area contributed by atoms with Crippen molar-refractivity contribution in [3.8, 4) is 5.75 Å². The molecule has 2 aromatic heterocycles. The van der Waals surface area contributed by atoms with Gasteiger partial charge in [-0.25, -0.2) is 4.98 Å². The van der Waals surface area contributed by atoms with Gasteiger partial charge in [-0.05, 0) is 56.4 Å². The molecule has 0 saturated heterocycles. The molecule has 3 heterocycles. The summed E-state index contributed by atoms with van der Waals surface area (Å²) in [4.78, 5) is 17.9. The highest BCUT2D eigenvalue weighted by atomic mass is 32.2. The first-order valence-corrected chi connectivity index (χ1v) is 12.0. The number of hydrogen-bond donors (Lipinski definition) is 2. The standard InChI is InChI=1S/C23H22N4O4S/c28-20-16-9-6-13-24-22(16)27(14-12-15-7-2-1-3-8-15)23(29)19(20)21-25-17-10-4-5-11-18(17)32(30,31)26-21/h4-7,9-11,13,28H,1-3,8,12,14H2,(H,25,26). The van der Waals surface area contributed by atoms with E-state index in [0.717, 1.165) is 19.3 Å². The van der Waals surface area contributed by atoms with Crippen molar-refractivity contribution in [1.82, 2.24) is 9.55 Å². The molecule has 0 unspecified atom stereocenters. The lowest BCUT2D eigenvalue weighted by Gasteiger charge is -2.20. The summed E-state index contributed by atoms with van der Waals surface area (Å²) >= 11 is 0. The van der Waals surface area contributed by atoms with Crippen LogP contribution in [-0.4, -0.2) is 28.9 Å². The van der Waals surface area contributed by atoms with Gasteiger partial charge in [0.1, 0.15) is 21.9 Å². The molecule has 0 saturated carbocycles. The van der Waals surface area contributed by atoms with Crippen molar-refractivity contribution >= 4 is 32.6 Å². The molecule has 164 valence electrons. The number of fused-ring (bicyclic) bond motifs is 2. The van der Waals surface area contributed by atoms with Crippen molar-refractivity contribution in [3.63, 3.8) is 0 Å².